The summed E-state index contributed by atoms with van der Waals surface area (Å²) in [6.45, 7) is 18.6. The molecule has 494 valence electrons. The largest absolute Gasteiger partial charge is 0.385 e. The number of ether oxygens (including phenoxy) is 1. The summed E-state index contributed by atoms with van der Waals surface area (Å²) in [4.78, 5) is 49.9. The minimum atomic E-state index is -3.21. The predicted molar refractivity (Wildman–Crippen MR) is 380 cm³/mol. The first-order valence-corrected chi connectivity index (χ1v) is 35.5. The number of nitrogens with zero attached hydrogens (tertiary/aromatic N) is 7. The van der Waals surface area contributed by atoms with Crippen molar-refractivity contribution in [2.75, 3.05) is 93.1 Å². The van der Waals surface area contributed by atoms with Crippen LogP contribution in [-0.4, -0.2) is 150 Å². The van der Waals surface area contributed by atoms with Crippen molar-refractivity contribution in [3.05, 3.63) is 156 Å². The van der Waals surface area contributed by atoms with E-state index in [-0.39, 0.29) is 5.91 Å². The fourth-order valence-corrected chi connectivity index (χ4v) is 16.7. The summed E-state index contributed by atoms with van der Waals surface area (Å²) >= 11 is 30.8. The zero-order valence-corrected chi connectivity index (χ0v) is 58.0. The van der Waals surface area contributed by atoms with Crippen molar-refractivity contribution in [2.45, 2.75) is 116 Å². The maximum atomic E-state index is 12.0. The van der Waals surface area contributed by atoms with E-state index in [9.17, 15) is 28.2 Å². The molecule has 93 heavy (non-hydrogen) atoms. The maximum Gasteiger partial charge on any atom is 0.219 e. The van der Waals surface area contributed by atoms with Crippen LogP contribution in [0.4, 0.5) is 17.1 Å². The fraction of sp³-hybridized carbons (Fsp3) is 0.429. The molecule has 1 amide bonds. The Morgan fingerprint density at radius 3 is 1.52 bits per heavy atom. The van der Waals surface area contributed by atoms with Crippen molar-refractivity contribution in [3.63, 3.8) is 0 Å². The summed E-state index contributed by atoms with van der Waals surface area (Å²) in [6, 6.07) is 25.4. The summed E-state index contributed by atoms with van der Waals surface area (Å²) in [6.07, 6.45) is 13.7. The van der Waals surface area contributed by atoms with Crippen LogP contribution in [0.25, 0.3) is 32.7 Å². The lowest BCUT2D eigenvalue weighted by Gasteiger charge is -2.46. The van der Waals surface area contributed by atoms with Crippen molar-refractivity contribution >= 4 is 141 Å². The molecule has 15 rings (SSSR count). The van der Waals surface area contributed by atoms with Gasteiger partial charge in [0.1, 0.15) is 0 Å². The molecule has 0 radical (unpaired) electrons. The van der Waals surface area contributed by atoms with Gasteiger partial charge in [-0.15, -0.1) is 0 Å². The highest BCUT2D eigenvalue weighted by molar-refractivity contribution is 7.88. The van der Waals surface area contributed by atoms with Gasteiger partial charge in [0.25, 0.3) is 0 Å². The molecule has 0 atom stereocenters. The Balaban J connectivity index is 0.000000120. The first-order valence-electron chi connectivity index (χ1n) is 31.8. The lowest BCUT2D eigenvalue weighted by molar-refractivity contribution is -0.129. The molecule has 23 heteroatoms. The molecule has 8 aromatic rings. The second-order valence-electron chi connectivity index (χ2n) is 25.9. The third-order valence-corrected chi connectivity index (χ3v) is 21.5. The number of aliphatic hydroxyl groups is 2. The van der Waals surface area contributed by atoms with Crippen LogP contribution in [0.15, 0.2) is 107 Å². The Morgan fingerprint density at radius 1 is 0.570 bits per heavy atom. The lowest BCUT2D eigenvalue weighted by atomic mass is 9.84. The lowest BCUT2D eigenvalue weighted by Crippen LogP contribution is -2.61. The third-order valence-electron chi connectivity index (χ3n) is 19.0. The second kappa shape index (κ2) is 28.3. The normalized spacial score (nSPS) is 19.1. The van der Waals surface area contributed by atoms with Gasteiger partial charge >= 0.3 is 0 Å². The molecule has 3 aromatic heterocycles. The van der Waals surface area contributed by atoms with Crippen LogP contribution in [0, 0.1) is 0 Å². The van der Waals surface area contributed by atoms with Gasteiger partial charge in [0.15, 0.2) is 5.78 Å². The van der Waals surface area contributed by atoms with Crippen LogP contribution in [0.5, 0.6) is 0 Å². The Bertz CT molecular complexity index is 4280. The van der Waals surface area contributed by atoms with Crippen LogP contribution in [0.3, 0.4) is 0 Å². The second-order valence-corrected chi connectivity index (χ2v) is 30.0. The third kappa shape index (κ3) is 15.3. The number of benzene rings is 5. The molecule has 0 unspecified atom stereocenters. The summed E-state index contributed by atoms with van der Waals surface area (Å²) < 4.78 is 30.9. The number of aromatic nitrogens is 3. The number of amides is 1. The van der Waals surface area contributed by atoms with E-state index in [1.807, 2.05) is 130 Å². The van der Waals surface area contributed by atoms with Gasteiger partial charge in [-0.3, -0.25) is 19.6 Å². The van der Waals surface area contributed by atoms with Crippen molar-refractivity contribution < 1.29 is 33.0 Å². The fourth-order valence-electron chi connectivity index (χ4n) is 14.2. The highest BCUT2D eigenvalue weighted by atomic mass is 35.5. The van der Waals surface area contributed by atoms with Gasteiger partial charge in [-0.1, -0.05) is 70.8 Å². The molecule has 0 spiro atoms. The highest BCUT2D eigenvalue weighted by Crippen LogP contribution is 2.44. The number of anilines is 3. The average molecular weight is 1380 g/mol. The van der Waals surface area contributed by atoms with E-state index in [4.69, 9.17) is 62.7 Å². The molecule has 6 aliphatic heterocycles. The van der Waals surface area contributed by atoms with Gasteiger partial charge in [-0.25, -0.2) is 8.42 Å². The predicted octanol–water partition coefficient (Wildman–Crippen LogP) is 14.2. The molecule has 17 nitrogen and oxygen atoms in total. The summed E-state index contributed by atoms with van der Waals surface area (Å²) in [7, 11) is -3.21. The number of halogens is 5. The molecular formula is C70H81Cl5N10O7S. The number of carbonyl (C=O) groups is 2. The van der Waals surface area contributed by atoms with E-state index in [1.165, 1.54) is 28.6 Å². The van der Waals surface area contributed by atoms with E-state index in [0.717, 1.165) is 149 Å². The number of carbonyl (C=O) groups excluding carboxylic acids is 2. The first-order chi connectivity index (χ1) is 44.3. The number of Topliss-reactive ketones (excluding diaryl/α,β-unsaturated/α-hetero) is 1. The van der Waals surface area contributed by atoms with Gasteiger partial charge in [0, 0.05) is 224 Å². The van der Waals surface area contributed by atoms with Gasteiger partial charge in [-0.05, 0) is 137 Å². The molecule has 9 heterocycles. The molecule has 1 saturated carbocycles. The Hall–Kier alpha value is -6.16. The molecule has 5 aromatic carbocycles. The first kappa shape index (κ1) is 68.2. The quantitative estimate of drug-likeness (QED) is 0.106. The van der Waals surface area contributed by atoms with E-state index < -0.39 is 26.8 Å². The standard InChI is InChI=1S/C16H22ClN3O2S.C15H18ClN3O.C13H13ClN2O.C13H14ClNO2.C13H14ClNO/c1-11-13-7-12(17)8-15(14(13)9-18-11)19-5-6-20(23(4,21)22)16(2,3)10-19;1-10-13-7-12(16)8-15(14(13)9-17-10)19-5-3-18(4-6-19)11(2)20;14-9-6-12-11(3-4-15-12)13(7-9)16-5-1-2-10(17)8-16;14-9-7-11(10-1-4-15-12(10)8-9)13(16)2-5-17-6-3-13;14-9-7-11(13(16)4-1-2-5-13)10-3-6-15-12(10)8-9/h7-8H,5-6,9-10H2,1-4H3;7-8H,3-6,9H2,1-2H3;3-4,6-7,15H,1-2,5,8H2;1,4,7-8,15-16H,2-3,5-6H2;3,6-8,15-16H,1-2,4-5H2. The van der Waals surface area contributed by atoms with Gasteiger partial charge in [-0.2, -0.15) is 4.31 Å². The smallest absolute Gasteiger partial charge is 0.219 e. The Labute approximate surface area is 569 Å². The number of fused-ring (bicyclic) bond motifs is 5. The minimum absolute atomic E-state index is 0.153. The number of nitrogens with one attached hydrogen (secondary N) is 3. The number of ketones is 1. The topological polar surface area (TPSA) is 206 Å². The van der Waals surface area contributed by atoms with Crippen molar-refractivity contribution in [2.24, 2.45) is 9.98 Å². The Kier molecular flexibility index (Phi) is 20.7. The van der Waals surface area contributed by atoms with Crippen molar-refractivity contribution in [1.29, 1.82) is 0 Å². The molecule has 4 saturated heterocycles. The monoisotopic (exact) mass is 1380 g/mol. The Morgan fingerprint density at radius 2 is 1.02 bits per heavy atom. The van der Waals surface area contributed by atoms with Crippen LogP contribution in [-0.2, 0) is 48.6 Å². The van der Waals surface area contributed by atoms with Crippen LogP contribution >= 0.6 is 58.0 Å². The van der Waals surface area contributed by atoms with Crippen LogP contribution in [0.2, 0.25) is 25.1 Å². The highest BCUT2D eigenvalue weighted by Gasteiger charge is 2.41. The van der Waals surface area contributed by atoms with Crippen LogP contribution < -0.4 is 14.7 Å². The number of piperidine rings is 1. The molecule has 5 fully saturated rings. The SMILES string of the molecule is CC(=O)N1CCN(c2cc(Cl)cc3c2CN=C3C)CC1.CC1=NCc2c1cc(Cl)cc2N1CCN(S(C)(=O)=O)C(C)(C)C1.O=C1CCCN(c2cc(Cl)cc3[nH]ccc23)C1.OC1(c2cc(Cl)cc3[nH]ccc23)CCCC1.OC1(c2cc(Cl)cc3[nH]ccc23)CCOCC1. The van der Waals surface area contributed by atoms with Gasteiger partial charge < -0.3 is 49.5 Å². The van der Waals surface area contributed by atoms with Crippen molar-refractivity contribution in [3.8, 4) is 0 Å². The number of hydrogen-bond donors (Lipinski definition) is 5. The maximum absolute atomic E-state index is 12.0. The van der Waals surface area contributed by atoms with Gasteiger partial charge in [0.05, 0.1) is 37.1 Å². The summed E-state index contributed by atoms with van der Waals surface area (Å²) in [5.74, 6) is 0.458. The average Bonchev–Trinajstić information content (AvgIpc) is 1.86. The minimum Gasteiger partial charge on any atom is -0.385 e. The van der Waals surface area contributed by atoms with E-state index in [0.29, 0.717) is 91.1 Å². The van der Waals surface area contributed by atoms with Gasteiger partial charge in [0.2, 0.25) is 15.9 Å². The number of sulfonamides is 1. The number of aromatic amines is 3. The molecular weight excluding hydrogens is 1300 g/mol. The molecule has 1 aliphatic carbocycles. The van der Waals surface area contributed by atoms with E-state index in [1.54, 1.807) is 11.2 Å². The number of aliphatic imine (C=N–C) groups is 2. The summed E-state index contributed by atoms with van der Waals surface area (Å²) in [5.41, 5.74) is 13.0. The number of piperazine rings is 2. The molecule has 5 N–H and O–H groups in total. The summed E-state index contributed by atoms with van der Waals surface area (Å²) in [5, 5.41) is 28.1. The number of H-pyrrole nitrogens is 3. The van der Waals surface area contributed by atoms with Crippen molar-refractivity contribution in [1.82, 2.24) is 24.2 Å². The number of rotatable bonds is 6. The molecule has 7 aliphatic rings. The zero-order chi connectivity index (χ0) is 66.1. The van der Waals surface area contributed by atoms with E-state index in [2.05, 4.69) is 39.6 Å². The van der Waals surface area contributed by atoms with E-state index >= 15 is 0 Å². The molecule has 0 bridgehead atoms. The van der Waals surface area contributed by atoms with Crippen LogP contribution in [0.1, 0.15) is 119 Å². The number of hydrogen-bond acceptors (Lipinski definition) is 12. The zero-order valence-electron chi connectivity index (χ0n) is 53.5.